The summed E-state index contributed by atoms with van der Waals surface area (Å²) in [5, 5.41) is 5.88. The number of hydrogen-bond acceptors (Lipinski definition) is 4. The van der Waals surface area contributed by atoms with Crippen molar-refractivity contribution < 1.29 is 14.3 Å². The van der Waals surface area contributed by atoms with Gasteiger partial charge in [-0.05, 0) is 39.7 Å². The Morgan fingerprint density at radius 1 is 1.35 bits per heavy atom. The smallest absolute Gasteiger partial charge is 0.320 e. The largest absolute Gasteiger partial charge is 0.462 e. The van der Waals surface area contributed by atoms with Gasteiger partial charge >= 0.3 is 5.97 Å². The van der Waals surface area contributed by atoms with Gasteiger partial charge in [0.15, 0.2) is 0 Å². The monoisotopic (exact) mass is 242 g/mol. The average Bonchev–Trinajstić information content (AvgIpc) is 2.99. The van der Waals surface area contributed by atoms with E-state index in [0.29, 0.717) is 19.0 Å². The van der Waals surface area contributed by atoms with Crippen molar-refractivity contribution in [1.29, 1.82) is 0 Å². The first kappa shape index (κ1) is 14.0. The number of ether oxygens (including phenoxy) is 1. The molecule has 1 aliphatic rings. The molecule has 0 radical (unpaired) electrons. The van der Waals surface area contributed by atoms with Gasteiger partial charge in [0.05, 0.1) is 12.6 Å². The molecular weight excluding hydrogens is 220 g/mol. The molecule has 0 atom stereocenters. The molecule has 98 valence electrons. The Kier molecular flexibility index (Phi) is 5.97. The van der Waals surface area contributed by atoms with Crippen LogP contribution in [-0.4, -0.2) is 37.1 Å². The standard InChI is InChI=1S/C12H22N2O3/c1-9(2)17-12(16)8-13-7-3-4-11(15)14-10-5-6-10/h9-10,13H,3-8H2,1-2H3,(H,14,15). The maximum absolute atomic E-state index is 11.3. The van der Waals surface area contributed by atoms with E-state index in [1.54, 1.807) is 0 Å². The van der Waals surface area contributed by atoms with E-state index in [0.717, 1.165) is 19.3 Å². The van der Waals surface area contributed by atoms with Crippen LogP contribution in [0.5, 0.6) is 0 Å². The summed E-state index contributed by atoms with van der Waals surface area (Å²) in [6, 6.07) is 0.427. The van der Waals surface area contributed by atoms with Crippen molar-refractivity contribution in [2.24, 2.45) is 0 Å². The first-order chi connectivity index (χ1) is 8.08. The molecule has 0 heterocycles. The zero-order valence-corrected chi connectivity index (χ0v) is 10.6. The second-order valence-electron chi connectivity index (χ2n) is 4.66. The Balaban J connectivity index is 1.89. The van der Waals surface area contributed by atoms with Crippen molar-refractivity contribution in [1.82, 2.24) is 10.6 Å². The fourth-order valence-corrected chi connectivity index (χ4v) is 1.40. The molecule has 5 nitrogen and oxygen atoms in total. The van der Waals surface area contributed by atoms with E-state index >= 15 is 0 Å². The van der Waals surface area contributed by atoms with E-state index in [2.05, 4.69) is 10.6 Å². The van der Waals surface area contributed by atoms with Gasteiger partial charge in [-0.2, -0.15) is 0 Å². The van der Waals surface area contributed by atoms with E-state index in [4.69, 9.17) is 4.74 Å². The van der Waals surface area contributed by atoms with Crippen LogP contribution in [0.15, 0.2) is 0 Å². The maximum atomic E-state index is 11.3. The van der Waals surface area contributed by atoms with E-state index < -0.39 is 0 Å². The van der Waals surface area contributed by atoms with Gasteiger partial charge in [-0.15, -0.1) is 0 Å². The van der Waals surface area contributed by atoms with Crippen LogP contribution in [0.3, 0.4) is 0 Å². The minimum Gasteiger partial charge on any atom is -0.462 e. The highest BCUT2D eigenvalue weighted by atomic mass is 16.5. The molecule has 0 aromatic carbocycles. The molecule has 1 amide bonds. The number of rotatable bonds is 8. The van der Waals surface area contributed by atoms with E-state index in [1.165, 1.54) is 0 Å². The summed E-state index contributed by atoms with van der Waals surface area (Å²) in [5.74, 6) is -0.138. The Labute approximate surface area is 102 Å². The molecule has 0 saturated heterocycles. The lowest BCUT2D eigenvalue weighted by atomic mass is 10.3. The second-order valence-corrected chi connectivity index (χ2v) is 4.66. The van der Waals surface area contributed by atoms with Gasteiger partial charge in [-0.25, -0.2) is 0 Å². The highest BCUT2D eigenvalue weighted by Crippen LogP contribution is 2.18. The SMILES string of the molecule is CC(C)OC(=O)CNCCCC(=O)NC1CC1. The number of esters is 1. The third-order valence-corrected chi connectivity index (χ3v) is 2.34. The number of carbonyl (C=O) groups is 2. The number of carbonyl (C=O) groups excluding carboxylic acids is 2. The first-order valence-electron chi connectivity index (χ1n) is 6.27. The van der Waals surface area contributed by atoms with Crippen molar-refractivity contribution >= 4 is 11.9 Å². The number of nitrogens with one attached hydrogen (secondary N) is 2. The van der Waals surface area contributed by atoms with Gasteiger partial charge in [0.2, 0.25) is 5.91 Å². The fraction of sp³-hybridized carbons (Fsp3) is 0.833. The normalized spacial score (nSPS) is 14.8. The molecule has 0 spiro atoms. The Morgan fingerprint density at radius 2 is 2.06 bits per heavy atom. The quantitative estimate of drug-likeness (QED) is 0.483. The van der Waals surface area contributed by atoms with Crippen molar-refractivity contribution in [2.75, 3.05) is 13.1 Å². The highest BCUT2D eigenvalue weighted by molar-refractivity contribution is 5.76. The summed E-state index contributed by atoms with van der Waals surface area (Å²) in [5.41, 5.74) is 0. The van der Waals surface area contributed by atoms with E-state index in [1.807, 2.05) is 13.8 Å². The highest BCUT2D eigenvalue weighted by Gasteiger charge is 2.22. The van der Waals surface area contributed by atoms with Gasteiger partial charge < -0.3 is 15.4 Å². The Hall–Kier alpha value is -1.10. The molecular formula is C12H22N2O3. The predicted molar refractivity (Wildman–Crippen MR) is 64.5 cm³/mol. The molecule has 5 heteroatoms. The minimum atomic E-state index is -0.248. The molecule has 2 N–H and O–H groups in total. The van der Waals surface area contributed by atoms with Crippen molar-refractivity contribution in [3.8, 4) is 0 Å². The van der Waals surface area contributed by atoms with Gasteiger partial charge in [-0.3, -0.25) is 9.59 Å². The molecule has 1 rings (SSSR count). The fourth-order valence-electron chi connectivity index (χ4n) is 1.40. The summed E-state index contributed by atoms with van der Waals surface area (Å²) < 4.78 is 4.96. The zero-order valence-electron chi connectivity index (χ0n) is 10.6. The minimum absolute atomic E-state index is 0.0754. The Bertz CT molecular complexity index is 244. The lowest BCUT2D eigenvalue weighted by Gasteiger charge is -2.08. The maximum Gasteiger partial charge on any atom is 0.320 e. The van der Waals surface area contributed by atoms with Crippen LogP contribution in [0.4, 0.5) is 0 Å². The van der Waals surface area contributed by atoms with Crippen molar-refractivity contribution in [2.45, 2.75) is 51.7 Å². The van der Waals surface area contributed by atoms with Crippen molar-refractivity contribution in [3.05, 3.63) is 0 Å². The van der Waals surface area contributed by atoms with Crippen LogP contribution in [0.2, 0.25) is 0 Å². The van der Waals surface area contributed by atoms with Crippen LogP contribution in [-0.2, 0) is 14.3 Å². The molecule has 1 aliphatic carbocycles. The van der Waals surface area contributed by atoms with Crippen LogP contribution in [0, 0.1) is 0 Å². The topological polar surface area (TPSA) is 67.4 Å². The van der Waals surface area contributed by atoms with Gasteiger partial charge in [-0.1, -0.05) is 0 Å². The van der Waals surface area contributed by atoms with Crippen LogP contribution in [0.1, 0.15) is 39.5 Å². The molecule has 17 heavy (non-hydrogen) atoms. The molecule has 0 aliphatic heterocycles. The molecule has 0 aromatic rings. The third kappa shape index (κ3) is 7.74. The number of amides is 1. The molecule has 1 saturated carbocycles. The third-order valence-electron chi connectivity index (χ3n) is 2.34. The van der Waals surface area contributed by atoms with Crippen LogP contribution < -0.4 is 10.6 Å². The summed E-state index contributed by atoms with van der Waals surface area (Å²) >= 11 is 0. The second kappa shape index (κ2) is 7.27. The number of hydrogen-bond donors (Lipinski definition) is 2. The van der Waals surface area contributed by atoms with Gasteiger partial charge in [0, 0.05) is 12.5 Å². The van der Waals surface area contributed by atoms with Crippen LogP contribution in [0.25, 0.3) is 0 Å². The zero-order chi connectivity index (χ0) is 12.7. The average molecular weight is 242 g/mol. The lowest BCUT2D eigenvalue weighted by molar-refractivity contribution is -0.146. The van der Waals surface area contributed by atoms with Crippen LogP contribution >= 0.6 is 0 Å². The predicted octanol–water partition coefficient (Wildman–Crippen LogP) is 0.586. The summed E-state index contributed by atoms with van der Waals surface area (Å²) in [7, 11) is 0. The Morgan fingerprint density at radius 3 is 2.65 bits per heavy atom. The van der Waals surface area contributed by atoms with Crippen molar-refractivity contribution in [3.63, 3.8) is 0 Å². The van der Waals surface area contributed by atoms with E-state index in [-0.39, 0.29) is 24.5 Å². The summed E-state index contributed by atoms with van der Waals surface area (Å²) in [6.45, 7) is 4.51. The first-order valence-corrected chi connectivity index (χ1v) is 6.27. The molecule has 0 unspecified atom stereocenters. The van der Waals surface area contributed by atoms with Gasteiger partial charge in [0.1, 0.15) is 0 Å². The van der Waals surface area contributed by atoms with E-state index in [9.17, 15) is 9.59 Å². The molecule has 0 bridgehead atoms. The lowest BCUT2D eigenvalue weighted by Crippen LogP contribution is -2.29. The van der Waals surface area contributed by atoms with Gasteiger partial charge in [0.25, 0.3) is 0 Å². The summed E-state index contributed by atoms with van der Waals surface area (Å²) in [4.78, 5) is 22.4. The summed E-state index contributed by atoms with van der Waals surface area (Å²) in [6.07, 6.45) is 3.42. The molecule has 0 aromatic heterocycles. The molecule has 1 fully saturated rings.